The van der Waals surface area contributed by atoms with E-state index in [0.717, 1.165) is 6.92 Å². The summed E-state index contributed by atoms with van der Waals surface area (Å²) in [6, 6.07) is 0. The Hall–Kier alpha value is -0.980. The first-order valence-electron chi connectivity index (χ1n) is 1.58. The molecule has 0 aromatic rings. The van der Waals surface area contributed by atoms with Gasteiger partial charge in [0.05, 0.1) is 0 Å². The van der Waals surface area contributed by atoms with Gasteiger partial charge in [0.15, 0.2) is 0 Å². The largest absolute Gasteiger partial charge is 0.476 e. The van der Waals surface area contributed by atoms with Gasteiger partial charge in [-0.3, -0.25) is 15.3 Å². The highest BCUT2D eigenvalue weighted by atomic mass is 17.0. The molecule has 0 aliphatic carbocycles. The van der Waals surface area contributed by atoms with Gasteiger partial charge in [0, 0.05) is 6.92 Å². The second-order valence-corrected chi connectivity index (χ2v) is 0.861. The van der Waals surface area contributed by atoms with Gasteiger partial charge in [-0.15, -0.1) is 0 Å². The number of hydrogen-bond donors (Lipinski definition) is 4. The lowest BCUT2D eigenvalue weighted by atomic mass is 10.5. The van der Waals surface area contributed by atoms with Crippen molar-refractivity contribution in [2.24, 2.45) is 0 Å². The Balaban J connectivity index is -0.000000109. The molecule has 0 bridgehead atoms. The third kappa shape index (κ3) is 19.4. The molecule has 0 aliphatic rings. The van der Waals surface area contributed by atoms with E-state index in [-0.39, 0.29) is 6.15 Å². The Kier molecular flexibility index (Phi) is 17.6. The SMILES string of the molecule is CC(=O)C(=O)O.N.OO. The topological polar surface area (TPSA) is 130 Å². The smallest absolute Gasteiger partial charge is 0.371 e. The van der Waals surface area contributed by atoms with Gasteiger partial charge >= 0.3 is 5.97 Å². The number of aliphatic carboxylic acids is 1. The van der Waals surface area contributed by atoms with Crippen molar-refractivity contribution in [1.82, 2.24) is 6.15 Å². The Morgan fingerprint density at radius 2 is 1.33 bits per heavy atom. The molecule has 0 spiro atoms. The fourth-order valence-electron chi connectivity index (χ4n) is 0. The molecule has 0 aliphatic heterocycles. The van der Waals surface area contributed by atoms with Crippen molar-refractivity contribution in [3.05, 3.63) is 0 Å². The van der Waals surface area contributed by atoms with Crippen LogP contribution in [0.5, 0.6) is 0 Å². The van der Waals surface area contributed by atoms with Crippen molar-refractivity contribution in [1.29, 1.82) is 0 Å². The molecule has 56 valence electrons. The van der Waals surface area contributed by atoms with E-state index in [1.165, 1.54) is 0 Å². The predicted octanol–water partition coefficient (Wildman–Crippen LogP) is -0.161. The molecule has 0 heterocycles. The average Bonchev–Trinajstić information content (AvgIpc) is 1.72. The highest BCUT2D eigenvalue weighted by Gasteiger charge is 1.98. The molecule has 0 radical (unpaired) electrons. The average molecular weight is 139 g/mol. The molecule has 6 heteroatoms. The Labute approximate surface area is 51.2 Å². The van der Waals surface area contributed by atoms with E-state index in [4.69, 9.17) is 15.6 Å². The Morgan fingerprint density at radius 1 is 1.22 bits per heavy atom. The number of carboxylic acid groups (broad SMARTS) is 1. The van der Waals surface area contributed by atoms with Gasteiger partial charge in [-0.1, -0.05) is 0 Å². The van der Waals surface area contributed by atoms with Crippen LogP contribution in [0.25, 0.3) is 0 Å². The molecule has 0 amide bonds. The van der Waals surface area contributed by atoms with Gasteiger partial charge in [0.2, 0.25) is 5.78 Å². The maximum absolute atomic E-state index is 9.54. The normalized spacial score (nSPS) is 5.67. The zero-order valence-electron chi connectivity index (χ0n) is 4.87. The van der Waals surface area contributed by atoms with Gasteiger partial charge in [-0.25, -0.2) is 4.79 Å². The van der Waals surface area contributed by atoms with Crippen LogP contribution < -0.4 is 6.15 Å². The first-order valence-corrected chi connectivity index (χ1v) is 1.58. The number of rotatable bonds is 1. The van der Waals surface area contributed by atoms with Crippen LogP contribution >= 0.6 is 0 Å². The summed E-state index contributed by atoms with van der Waals surface area (Å²) >= 11 is 0. The van der Waals surface area contributed by atoms with Crippen LogP contribution in [0.1, 0.15) is 6.92 Å². The number of carboxylic acids is 1. The van der Waals surface area contributed by atoms with Crippen LogP contribution in [0, 0.1) is 0 Å². The third-order valence-corrected chi connectivity index (χ3v) is 0.301. The highest BCUT2D eigenvalue weighted by molar-refractivity contribution is 6.31. The van der Waals surface area contributed by atoms with Crippen LogP contribution in [0.2, 0.25) is 0 Å². The monoisotopic (exact) mass is 139 g/mol. The lowest BCUT2D eigenvalue weighted by Crippen LogP contribution is -2.05. The quantitative estimate of drug-likeness (QED) is 0.227. The maximum atomic E-state index is 9.54. The van der Waals surface area contributed by atoms with Crippen LogP contribution in [0.15, 0.2) is 0 Å². The number of carbonyl (C=O) groups excluding carboxylic acids is 1. The molecule has 0 rings (SSSR count). The van der Waals surface area contributed by atoms with E-state index in [9.17, 15) is 9.59 Å². The number of hydrogen-bond acceptors (Lipinski definition) is 5. The van der Waals surface area contributed by atoms with Crippen molar-refractivity contribution in [3.63, 3.8) is 0 Å². The minimum atomic E-state index is -1.38. The number of carbonyl (C=O) groups is 2. The fourth-order valence-corrected chi connectivity index (χ4v) is 0. The van der Waals surface area contributed by atoms with Gasteiger partial charge in [-0.05, 0) is 0 Å². The van der Waals surface area contributed by atoms with E-state index in [1.54, 1.807) is 0 Å². The van der Waals surface area contributed by atoms with Crippen molar-refractivity contribution >= 4 is 11.8 Å². The lowest BCUT2D eigenvalue weighted by molar-refractivity contribution is -0.176. The number of Topliss-reactive ketones (excluding diaryl/α,β-unsaturated/α-hetero) is 1. The van der Waals surface area contributed by atoms with Gasteiger partial charge < -0.3 is 11.3 Å². The van der Waals surface area contributed by atoms with Crippen LogP contribution in [0.4, 0.5) is 0 Å². The van der Waals surface area contributed by atoms with Crippen LogP contribution in [0.3, 0.4) is 0 Å². The summed E-state index contributed by atoms with van der Waals surface area (Å²) in [5.41, 5.74) is 0. The molecule has 0 fully saturated rings. The minimum Gasteiger partial charge on any atom is -0.476 e. The molecule has 0 aromatic heterocycles. The van der Waals surface area contributed by atoms with Crippen LogP contribution in [-0.4, -0.2) is 27.4 Å². The third-order valence-electron chi connectivity index (χ3n) is 0.301. The van der Waals surface area contributed by atoms with E-state index in [2.05, 4.69) is 0 Å². The molecule has 6 nitrogen and oxygen atoms in total. The van der Waals surface area contributed by atoms with Crippen molar-refractivity contribution in [2.75, 3.05) is 0 Å². The molecular formula is C3H9NO5. The van der Waals surface area contributed by atoms with Crippen molar-refractivity contribution in [2.45, 2.75) is 6.92 Å². The van der Waals surface area contributed by atoms with Gasteiger partial charge in [0.25, 0.3) is 0 Å². The zero-order valence-corrected chi connectivity index (χ0v) is 4.87. The molecule has 0 saturated heterocycles. The highest BCUT2D eigenvalue weighted by Crippen LogP contribution is 1.61. The van der Waals surface area contributed by atoms with E-state index in [1.807, 2.05) is 0 Å². The maximum Gasteiger partial charge on any atom is 0.371 e. The van der Waals surface area contributed by atoms with Gasteiger partial charge in [-0.2, -0.15) is 0 Å². The van der Waals surface area contributed by atoms with E-state index >= 15 is 0 Å². The summed E-state index contributed by atoms with van der Waals surface area (Å²) in [6.07, 6.45) is 0. The summed E-state index contributed by atoms with van der Waals surface area (Å²) in [7, 11) is 0. The summed E-state index contributed by atoms with van der Waals surface area (Å²) in [5.74, 6) is -2.20. The van der Waals surface area contributed by atoms with Crippen LogP contribution in [-0.2, 0) is 9.59 Å². The Morgan fingerprint density at radius 3 is 1.33 bits per heavy atom. The van der Waals surface area contributed by atoms with E-state index < -0.39 is 11.8 Å². The summed E-state index contributed by atoms with van der Waals surface area (Å²) in [5, 5.41) is 19.6. The minimum absolute atomic E-state index is 0. The standard InChI is InChI=1S/C3H4O3.H3N.H2O2/c1-2(4)3(5)6;;1-2/h1H3,(H,5,6);1H3;1-2H. The van der Waals surface area contributed by atoms with Crippen molar-refractivity contribution < 1.29 is 25.2 Å². The predicted molar refractivity (Wildman–Crippen MR) is 28.6 cm³/mol. The zero-order chi connectivity index (χ0) is 7.15. The first kappa shape index (κ1) is 15.7. The molecule has 0 unspecified atom stereocenters. The fraction of sp³-hybridized carbons (Fsp3) is 0.333. The second kappa shape index (κ2) is 10.1. The lowest BCUT2D eigenvalue weighted by Gasteiger charge is -1.73. The molecule has 0 saturated carbocycles. The summed E-state index contributed by atoms with van der Waals surface area (Å²) < 4.78 is 0. The molecule has 9 heavy (non-hydrogen) atoms. The molecular weight excluding hydrogens is 130 g/mol. The van der Waals surface area contributed by atoms with Crippen molar-refractivity contribution in [3.8, 4) is 0 Å². The molecule has 0 aromatic carbocycles. The summed E-state index contributed by atoms with van der Waals surface area (Å²) in [6.45, 7) is 1.00. The Bertz CT molecular complexity index is 78.2. The first-order chi connectivity index (χ1) is 3.64. The van der Waals surface area contributed by atoms with E-state index in [0.29, 0.717) is 0 Å². The molecule has 6 N–H and O–H groups in total. The van der Waals surface area contributed by atoms with Gasteiger partial charge in [0.1, 0.15) is 0 Å². The number of ketones is 1. The molecule has 0 atom stereocenters. The second-order valence-electron chi connectivity index (χ2n) is 0.861. The summed E-state index contributed by atoms with van der Waals surface area (Å²) in [4.78, 5) is 18.9.